The Balaban J connectivity index is 2.48. The van der Waals surface area contributed by atoms with Crippen molar-refractivity contribution < 1.29 is 22.7 Å². The minimum Gasteiger partial charge on any atom is -0.497 e. The van der Waals surface area contributed by atoms with Crippen molar-refractivity contribution in [3.63, 3.8) is 0 Å². The van der Waals surface area contributed by atoms with Crippen molar-refractivity contribution in [2.45, 2.75) is 52.2 Å². The Bertz CT molecular complexity index is 1180. The highest BCUT2D eigenvalue weighted by Gasteiger charge is 2.33. The first kappa shape index (κ1) is 29.7. The Morgan fingerprint density at radius 1 is 1.08 bits per heavy atom. The number of methoxy groups -OCH3 is 1. The Labute approximate surface area is 223 Å². The average Bonchev–Trinajstić information content (AvgIpc) is 2.76. The highest BCUT2D eigenvalue weighted by molar-refractivity contribution is 7.92. The number of amides is 2. The Hall–Kier alpha value is -2.49. The van der Waals surface area contributed by atoms with Gasteiger partial charge in [0.05, 0.1) is 24.1 Å². The first-order valence-corrected chi connectivity index (χ1v) is 13.9. The summed E-state index contributed by atoms with van der Waals surface area (Å²) >= 11 is 12.2. The van der Waals surface area contributed by atoms with E-state index in [0.717, 1.165) is 16.1 Å². The van der Waals surface area contributed by atoms with Crippen molar-refractivity contribution in [3.8, 4) is 5.75 Å². The highest BCUT2D eigenvalue weighted by atomic mass is 35.5. The van der Waals surface area contributed by atoms with Crippen molar-refractivity contribution in [2.24, 2.45) is 0 Å². The molecule has 0 aliphatic carbocycles. The van der Waals surface area contributed by atoms with Gasteiger partial charge in [-0.1, -0.05) is 42.3 Å². The molecule has 0 spiro atoms. The molecule has 1 atom stereocenters. The van der Waals surface area contributed by atoms with Gasteiger partial charge in [0, 0.05) is 17.1 Å². The Morgan fingerprint density at radius 3 is 2.17 bits per heavy atom. The summed E-state index contributed by atoms with van der Waals surface area (Å²) in [6.07, 6.45) is 1.31. The number of benzene rings is 2. The zero-order valence-corrected chi connectivity index (χ0v) is 23.7. The van der Waals surface area contributed by atoms with Gasteiger partial charge in [-0.25, -0.2) is 8.42 Å². The lowest BCUT2D eigenvalue weighted by Crippen LogP contribution is -2.55. The number of halogens is 2. The molecule has 8 nitrogen and oxygen atoms in total. The van der Waals surface area contributed by atoms with Gasteiger partial charge >= 0.3 is 0 Å². The fraction of sp³-hybridized carbons (Fsp3) is 0.440. The van der Waals surface area contributed by atoms with Gasteiger partial charge in [0.1, 0.15) is 18.3 Å². The van der Waals surface area contributed by atoms with Crippen molar-refractivity contribution in [2.75, 3.05) is 24.2 Å². The molecular weight excluding hydrogens is 525 g/mol. The molecule has 0 aromatic heterocycles. The number of anilines is 1. The normalized spacial score (nSPS) is 12.6. The monoisotopic (exact) mass is 557 g/mol. The van der Waals surface area contributed by atoms with E-state index in [9.17, 15) is 18.0 Å². The zero-order chi connectivity index (χ0) is 27.3. The number of ether oxygens (including phenoxy) is 1. The lowest BCUT2D eigenvalue weighted by molar-refractivity contribution is -0.141. The van der Waals surface area contributed by atoms with E-state index in [1.807, 2.05) is 20.8 Å². The van der Waals surface area contributed by atoms with E-state index in [2.05, 4.69) is 5.32 Å². The number of carbonyl (C=O) groups excluding carboxylic acids is 2. The van der Waals surface area contributed by atoms with Gasteiger partial charge in [0.25, 0.3) is 0 Å². The van der Waals surface area contributed by atoms with Crippen LogP contribution in [-0.2, 0) is 26.2 Å². The molecule has 0 aliphatic heterocycles. The number of rotatable bonds is 10. The molecule has 0 saturated heterocycles. The topological polar surface area (TPSA) is 96.0 Å². The maximum Gasteiger partial charge on any atom is 0.244 e. The molecule has 2 rings (SSSR count). The molecular formula is C25H33Cl2N3O5S. The van der Waals surface area contributed by atoms with Crippen LogP contribution < -0.4 is 14.4 Å². The van der Waals surface area contributed by atoms with Crippen molar-refractivity contribution >= 4 is 50.7 Å². The standard InChI is InChI=1S/C25H33Cl2N3O5S/c1-7-21(24(32)28-25(2,3)4)29(15-17-8-11-19(35-5)12-9-17)23(31)16-30(36(6,33)34)22-13-10-18(26)14-20(22)27/h8-14,21H,7,15-16H2,1-6H3,(H,28,32). The van der Waals surface area contributed by atoms with Gasteiger partial charge in [-0.15, -0.1) is 0 Å². The maximum atomic E-state index is 13.7. The third kappa shape index (κ3) is 8.28. The van der Waals surface area contributed by atoms with E-state index < -0.39 is 34.1 Å². The third-order valence-corrected chi connectivity index (χ3v) is 6.92. The van der Waals surface area contributed by atoms with Gasteiger partial charge < -0.3 is 15.0 Å². The minimum atomic E-state index is -3.90. The molecule has 36 heavy (non-hydrogen) atoms. The summed E-state index contributed by atoms with van der Waals surface area (Å²) in [6, 6.07) is 10.6. The predicted molar refractivity (Wildman–Crippen MR) is 144 cm³/mol. The van der Waals surface area contributed by atoms with Crippen LogP contribution >= 0.6 is 23.2 Å². The summed E-state index contributed by atoms with van der Waals surface area (Å²) in [7, 11) is -2.35. The summed E-state index contributed by atoms with van der Waals surface area (Å²) in [6.45, 7) is 6.88. The van der Waals surface area contributed by atoms with E-state index in [4.69, 9.17) is 27.9 Å². The molecule has 1 unspecified atom stereocenters. The third-order valence-electron chi connectivity index (χ3n) is 5.25. The lowest BCUT2D eigenvalue weighted by atomic mass is 10.1. The van der Waals surface area contributed by atoms with Crippen LogP contribution in [0.3, 0.4) is 0 Å². The zero-order valence-electron chi connectivity index (χ0n) is 21.3. The lowest BCUT2D eigenvalue weighted by Gasteiger charge is -2.34. The number of hydrogen-bond donors (Lipinski definition) is 1. The summed E-state index contributed by atoms with van der Waals surface area (Å²) < 4.78 is 31.5. The molecule has 0 saturated carbocycles. The summed E-state index contributed by atoms with van der Waals surface area (Å²) in [5.41, 5.74) is 0.352. The molecule has 0 radical (unpaired) electrons. The summed E-state index contributed by atoms with van der Waals surface area (Å²) in [5, 5.41) is 3.33. The summed E-state index contributed by atoms with van der Waals surface area (Å²) in [5.74, 6) is -0.241. The van der Waals surface area contributed by atoms with Crippen molar-refractivity contribution in [1.82, 2.24) is 10.2 Å². The van der Waals surface area contributed by atoms with E-state index in [0.29, 0.717) is 17.2 Å². The van der Waals surface area contributed by atoms with Crippen LogP contribution in [0.5, 0.6) is 5.75 Å². The van der Waals surface area contributed by atoms with Crippen LogP contribution in [0, 0.1) is 0 Å². The molecule has 0 heterocycles. The van der Waals surface area contributed by atoms with Crippen molar-refractivity contribution in [3.05, 3.63) is 58.1 Å². The maximum absolute atomic E-state index is 13.7. The fourth-order valence-corrected chi connectivity index (χ4v) is 5.00. The van der Waals surface area contributed by atoms with E-state index in [1.165, 1.54) is 23.1 Å². The number of nitrogens with zero attached hydrogens (tertiary/aromatic N) is 2. The second kappa shape index (κ2) is 12.2. The quantitative estimate of drug-likeness (QED) is 0.464. The molecule has 11 heteroatoms. The van der Waals surface area contributed by atoms with E-state index in [1.54, 1.807) is 38.3 Å². The van der Waals surface area contributed by atoms with Crippen LogP contribution in [0.1, 0.15) is 39.7 Å². The first-order chi connectivity index (χ1) is 16.7. The molecule has 1 N–H and O–H groups in total. The van der Waals surface area contributed by atoms with Crippen LogP contribution in [0.15, 0.2) is 42.5 Å². The molecule has 0 aliphatic rings. The molecule has 0 fully saturated rings. The highest BCUT2D eigenvalue weighted by Crippen LogP contribution is 2.30. The second-order valence-electron chi connectivity index (χ2n) is 9.40. The Kier molecular flexibility index (Phi) is 10.0. The van der Waals surface area contributed by atoms with Crippen LogP contribution in [0.25, 0.3) is 0 Å². The van der Waals surface area contributed by atoms with Gasteiger partial charge in [-0.3, -0.25) is 13.9 Å². The van der Waals surface area contributed by atoms with Crippen LogP contribution in [-0.4, -0.2) is 56.6 Å². The van der Waals surface area contributed by atoms with Gasteiger partial charge in [0.2, 0.25) is 21.8 Å². The van der Waals surface area contributed by atoms with Crippen LogP contribution in [0.4, 0.5) is 5.69 Å². The van der Waals surface area contributed by atoms with Crippen molar-refractivity contribution in [1.29, 1.82) is 0 Å². The first-order valence-electron chi connectivity index (χ1n) is 11.3. The number of sulfonamides is 1. The van der Waals surface area contributed by atoms with Gasteiger partial charge in [0.15, 0.2) is 0 Å². The van der Waals surface area contributed by atoms with E-state index >= 15 is 0 Å². The predicted octanol–water partition coefficient (Wildman–Crippen LogP) is 4.49. The summed E-state index contributed by atoms with van der Waals surface area (Å²) in [4.78, 5) is 28.3. The molecule has 198 valence electrons. The SMILES string of the molecule is CCC(C(=O)NC(C)(C)C)N(Cc1ccc(OC)cc1)C(=O)CN(c1ccc(Cl)cc1Cl)S(C)(=O)=O. The van der Waals surface area contributed by atoms with E-state index in [-0.39, 0.29) is 23.2 Å². The molecule has 2 aromatic rings. The number of carbonyl (C=O) groups is 2. The minimum absolute atomic E-state index is 0.0833. The smallest absolute Gasteiger partial charge is 0.244 e. The molecule has 2 amide bonds. The second-order valence-corrected chi connectivity index (χ2v) is 12.1. The average molecular weight is 559 g/mol. The van der Waals surface area contributed by atoms with Gasteiger partial charge in [-0.05, 0) is 63.1 Å². The van der Waals surface area contributed by atoms with Crippen LogP contribution in [0.2, 0.25) is 10.0 Å². The molecule has 0 bridgehead atoms. The van der Waals surface area contributed by atoms with Gasteiger partial charge in [-0.2, -0.15) is 0 Å². The Morgan fingerprint density at radius 2 is 1.69 bits per heavy atom. The molecule has 2 aromatic carbocycles. The number of nitrogens with one attached hydrogen (secondary N) is 1. The largest absolute Gasteiger partial charge is 0.497 e. The number of hydrogen-bond acceptors (Lipinski definition) is 5. The fourth-order valence-electron chi connectivity index (χ4n) is 3.58.